The van der Waals surface area contributed by atoms with Crippen LogP contribution in [0.25, 0.3) is 0 Å². The molecule has 7 nitrogen and oxygen atoms in total. The monoisotopic (exact) mass is 346 g/mol. The maximum Gasteiger partial charge on any atom is 0.157 e. The van der Waals surface area contributed by atoms with Crippen LogP contribution in [-0.2, 0) is 6.54 Å². The summed E-state index contributed by atoms with van der Waals surface area (Å²) in [5, 5.41) is 12.2. The SMILES string of the molecule is Nc1c(NCc2ccc(F)cc2)ncnc1N1CCN(CCO)CC1. The van der Waals surface area contributed by atoms with Crippen molar-refractivity contribution < 1.29 is 9.50 Å². The molecule has 1 aliphatic heterocycles. The smallest absolute Gasteiger partial charge is 0.157 e. The highest BCUT2D eigenvalue weighted by Crippen LogP contribution is 2.27. The van der Waals surface area contributed by atoms with Crippen LogP contribution in [0, 0.1) is 5.82 Å². The summed E-state index contributed by atoms with van der Waals surface area (Å²) in [6.07, 6.45) is 1.50. The van der Waals surface area contributed by atoms with Crippen molar-refractivity contribution in [2.45, 2.75) is 6.54 Å². The summed E-state index contributed by atoms with van der Waals surface area (Å²) in [6.45, 7) is 4.71. The number of benzene rings is 1. The van der Waals surface area contributed by atoms with Crippen molar-refractivity contribution in [3.05, 3.63) is 42.0 Å². The minimum absolute atomic E-state index is 0.174. The van der Waals surface area contributed by atoms with E-state index in [2.05, 4.69) is 25.1 Å². The van der Waals surface area contributed by atoms with Crippen LogP contribution >= 0.6 is 0 Å². The van der Waals surface area contributed by atoms with Gasteiger partial charge in [0.15, 0.2) is 11.6 Å². The van der Waals surface area contributed by atoms with E-state index in [1.807, 2.05) is 0 Å². The lowest BCUT2D eigenvalue weighted by molar-refractivity contribution is 0.188. The van der Waals surface area contributed by atoms with Crippen molar-refractivity contribution in [2.75, 3.05) is 55.3 Å². The van der Waals surface area contributed by atoms with Gasteiger partial charge in [-0.25, -0.2) is 14.4 Å². The van der Waals surface area contributed by atoms with Gasteiger partial charge in [0, 0.05) is 39.3 Å². The van der Waals surface area contributed by atoms with E-state index in [0.717, 1.165) is 37.6 Å². The third-order valence-electron chi connectivity index (χ3n) is 4.32. The first-order valence-electron chi connectivity index (χ1n) is 8.34. The molecular weight excluding hydrogens is 323 g/mol. The van der Waals surface area contributed by atoms with E-state index in [0.29, 0.717) is 24.6 Å². The van der Waals surface area contributed by atoms with Crippen LogP contribution in [-0.4, -0.2) is 59.3 Å². The Morgan fingerprint density at radius 2 is 1.84 bits per heavy atom. The first-order chi connectivity index (χ1) is 12.2. The molecule has 1 saturated heterocycles. The van der Waals surface area contributed by atoms with Crippen molar-refractivity contribution in [2.24, 2.45) is 0 Å². The highest BCUT2D eigenvalue weighted by Gasteiger charge is 2.20. The van der Waals surface area contributed by atoms with Gasteiger partial charge in [0.1, 0.15) is 17.8 Å². The number of nitrogens with one attached hydrogen (secondary N) is 1. The molecule has 0 spiro atoms. The molecule has 2 aromatic rings. The van der Waals surface area contributed by atoms with Crippen LogP contribution in [0.2, 0.25) is 0 Å². The standard InChI is InChI=1S/C17H23FN6O/c18-14-3-1-13(2-4-14)11-20-16-15(19)17(22-12-21-16)24-7-5-23(6-8-24)9-10-25/h1-4,12,25H,5-11,19H2,(H,20,21,22). The molecule has 8 heteroatoms. The van der Waals surface area contributed by atoms with E-state index in [4.69, 9.17) is 10.8 Å². The van der Waals surface area contributed by atoms with E-state index >= 15 is 0 Å². The molecule has 1 fully saturated rings. The molecule has 25 heavy (non-hydrogen) atoms. The summed E-state index contributed by atoms with van der Waals surface area (Å²) in [5.41, 5.74) is 7.71. The molecule has 0 amide bonds. The molecule has 1 aromatic heterocycles. The number of rotatable bonds is 6. The first kappa shape index (κ1) is 17.4. The molecule has 0 bridgehead atoms. The average molecular weight is 346 g/mol. The minimum atomic E-state index is -0.257. The zero-order valence-electron chi connectivity index (χ0n) is 14.0. The first-order valence-corrected chi connectivity index (χ1v) is 8.34. The summed E-state index contributed by atoms with van der Waals surface area (Å²) in [7, 11) is 0. The van der Waals surface area contributed by atoms with Gasteiger partial charge < -0.3 is 21.1 Å². The summed E-state index contributed by atoms with van der Waals surface area (Å²) in [6, 6.07) is 6.30. The van der Waals surface area contributed by atoms with Crippen molar-refractivity contribution in [1.82, 2.24) is 14.9 Å². The molecule has 0 saturated carbocycles. The Bertz CT molecular complexity index is 688. The fourth-order valence-electron chi connectivity index (χ4n) is 2.89. The van der Waals surface area contributed by atoms with Gasteiger partial charge in [-0.05, 0) is 17.7 Å². The van der Waals surface area contributed by atoms with Gasteiger partial charge in [0.05, 0.1) is 6.61 Å². The van der Waals surface area contributed by atoms with Gasteiger partial charge in [-0.1, -0.05) is 12.1 Å². The van der Waals surface area contributed by atoms with Gasteiger partial charge in [0.25, 0.3) is 0 Å². The zero-order valence-corrected chi connectivity index (χ0v) is 14.0. The number of hydrogen-bond donors (Lipinski definition) is 3. The molecular formula is C17H23FN6O. The van der Waals surface area contributed by atoms with Crippen molar-refractivity contribution in [3.8, 4) is 0 Å². The molecule has 134 valence electrons. The Kier molecular flexibility index (Phi) is 5.62. The fraction of sp³-hybridized carbons (Fsp3) is 0.412. The van der Waals surface area contributed by atoms with E-state index in [-0.39, 0.29) is 12.4 Å². The lowest BCUT2D eigenvalue weighted by Crippen LogP contribution is -2.47. The van der Waals surface area contributed by atoms with Crippen LogP contribution < -0.4 is 16.0 Å². The number of aliphatic hydroxyl groups is 1. The summed E-state index contributed by atoms with van der Waals surface area (Å²) >= 11 is 0. The number of nitrogens with two attached hydrogens (primary N) is 1. The van der Waals surface area contributed by atoms with Crippen molar-refractivity contribution in [1.29, 1.82) is 0 Å². The van der Waals surface area contributed by atoms with E-state index in [1.54, 1.807) is 12.1 Å². The normalized spacial score (nSPS) is 15.4. The van der Waals surface area contributed by atoms with Gasteiger partial charge in [-0.15, -0.1) is 0 Å². The number of β-amino-alcohol motifs (C(OH)–C–C–N with tert-alkyl or cyclic N) is 1. The number of hydrogen-bond acceptors (Lipinski definition) is 7. The Labute approximate surface area is 146 Å². The minimum Gasteiger partial charge on any atom is -0.395 e. The Hall–Kier alpha value is -2.45. The Balaban J connectivity index is 1.65. The zero-order chi connectivity index (χ0) is 17.6. The molecule has 2 heterocycles. The largest absolute Gasteiger partial charge is 0.395 e. The molecule has 0 radical (unpaired) electrons. The van der Waals surface area contributed by atoms with Crippen LogP contribution in [0.5, 0.6) is 0 Å². The predicted molar refractivity (Wildman–Crippen MR) is 95.9 cm³/mol. The van der Waals surface area contributed by atoms with Gasteiger partial charge in [0.2, 0.25) is 0 Å². The number of nitrogens with zero attached hydrogens (tertiary/aromatic N) is 4. The average Bonchev–Trinajstić information content (AvgIpc) is 2.63. The number of anilines is 3. The quantitative estimate of drug-likeness (QED) is 0.717. The predicted octanol–water partition coefficient (Wildman–Crippen LogP) is 0.924. The molecule has 0 aliphatic carbocycles. The summed E-state index contributed by atoms with van der Waals surface area (Å²) < 4.78 is 13.0. The second-order valence-electron chi connectivity index (χ2n) is 5.99. The van der Waals surface area contributed by atoms with Gasteiger partial charge in [-0.3, -0.25) is 4.90 Å². The molecule has 1 aliphatic rings. The van der Waals surface area contributed by atoms with Crippen LogP contribution in [0.3, 0.4) is 0 Å². The number of nitrogen functional groups attached to an aromatic ring is 1. The van der Waals surface area contributed by atoms with Gasteiger partial charge in [-0.2, -0.15) is 0 Å². The van der Waals surface area contributed by atoms with Crippen molar-refractivity contribution >= 4 is 17.3 Å². The van der Waals surface area contributed by atoms with E-state index in [1.165, 1.54) is 18.5 Å². The summed E-state index contributed by atoms with van der Waals surface area (Å²) in [5.74, 6) is 1.04. The fourth-order valence-corrected chi connectivity index (χ4v) is 2.89. The van der Waals surface area contributed by atoms with Crippen LogP contribution in [0.4, 0.5) is 21.7 Å². The Morgan fingerprint density at radius 3 is 2.52 bits per heavy atom. The van der Waals surface area contributed by atoms with E-state index < -0.39 is 0 Å². The lowest BCUT2D eigenvalue weighted by Gasteiger charge is -2.35. The third-order valence-corrected chi connectivity index (χ3v) is 4.32. The van der Waals surface area contributed by atoms with Gasteiger partial charge >= 0.3 is 0 Å². The number of halogens is 1. The molecule has 1 aromatic carbocycles. The number of piperazine rings is 1. The second-order valence-corrected chi connectivity index (χ2v) is 5.99. The van der Waals surface area contributed by atoms with E-state index in [9.17, 15) is 4.39 Å². The summed E-state index contributed by atoms with van der Waals surface area (Å²) in [4.78, 5) is 12.9. The maximum absolute atomic E-state index is 13.0. The molecule has 0 unspecified atom stereocenters. The van der Waals surface area contributed by atoms with Crippen LogP contribution in [0.1, 0.15) is 5.56 Å². The molecule has 3 rings (SSSR count). The van der Waals surface area contributed by atoms with Crippen molar-refractivity contribution in [3.63, 3.8) is 0 Å². The molecule has 4 N–H and O–H groups in total. The number of aromatic nitrogens is 2. The third kappa shape index (κ3) is 4.34. The lowest BCUT2D eigenvalue weighted by atomic mass is 10.2. The molecule has 0 atom stereocenters. The highest BCUT2D eigenvalue weighted by molar-refractivity contribution is 5.75. The second kappa shape index (κ2) is 8.09. The Morgan fingerprint density at radius 1 is 1.12 bits per heavy atom. The topological polar surface area (TPSA) is 90.5 Å². The highest BCUT2D eigenvalue weighted by atomic mass is 19.1. The number of aliphatic hydroxyl groups excluding tert-OH is 1. The maximum atomic E-state index is 13.0. The van der Waals surface area contributed by atoms with Crippen LogP contribution in [0.15, 0.2) is 30.6 Å².